The number of anilines is 1. The Hall–Kier alpha value is -2.02. The molecule has 0 bridgehead atoms. The van der Waals surface area contributed by atoms with Crippen LogP contribution in [0.5, 0.6) is 0 Å². The quantitative estimate of drug-likeness (QED) is 0.825. The minimum absolute atomic E-state index is 0.0266. The fourth-order valence-electron chi connectivity index (χ4n) is 2.26. The molecule has 0 atom stereocenters. The third-order valence-electron chi connectivity index (χ3n) is 3.39. The molecule has 21 heavy (non-hydrogen) atoms. The lowest BCUT2D eigenvalue weighted by atomic mass is 10.2. The average Bonchev–Trinajstić information content (AvgIpc) is 2.56. The van der Waals surface area contributed by atoms with Gasteiger partial charge >= 0.3 is 0 Å². The number of rotatable bonds is 2. The monoisotopic (exact) mass is 347 g/mol. The van der Waals surface area contributed by atoms with Gasteiger partial charge in [-0.1, -0.05) is 0 Å². The number of hydrogen-bond acceptors (Lipinski definition) is 5. The molecule has 1 saturated heterocycles. The zero-order chi connectivity index (χ0) is 14.7. The summed E-state index contributed by atoms with van der Waals surface area (Å²) in [6.07, 6.45) is 6.72. The first-order valence-corrected chi connectivity index (χ1v) is 7.45. The smallest absolute Gasteiger partial charge is 0.272 e. The minimum atomic E-state index is -0.0266. The van der Waals surface area contributed by atoms with E-state index in [1.54, 1.807) is 30.9 Å². The van der Waals surface area contributed by atoms with Crippen molar-refractivity contribution in [3.05, 3.63) is 47.1 Å². The molecule has 3 heterocycles. The third-order valence-corrected chi connectivity index (χ3v) is 3.86. The number of nitrogens with zero attached hydrogens (tertiary/aromatic N) is 5. The summed E-state index contributed by atoms with van der Waals surface area (Å²) >= 11 is 3.32. The lowest BCUT2D eigenvalue weighted by Gasteiger charge is -2.35. The fourth-order valence-corrected chi connectivity index (χ4v) is 2.49. The number of piperazine rings is 1. The van der Waals surface area contributed by atoms with Gasteiger partial charge in [0.2, 0.25) is 0 Å². The molecule has 1 aliphatic heterocycles. The molecule has 1 fully saturated rings. The first-order valence-electron chi connectivity index (χ1n) is 6.66. The van der Waals surface area contributed by atoms with Gasteiger partial charge in [0.1, 0.15) is 11.5 Å². The van der Waals surface area contributed by atoms with Gasteiger partial charge in [0.15, 0.2) is 0 Å². The van der Waals surface area contributed by atoms with Crippen molar-refractivity contribution in [2.75, 3.05) is 31.1 Å². The Bertz CT molecular complexity index is 611. The van der Waals surface area contributed by atoms with E-state index in [0.29, 0.717) is 18.8 Å². The fraction of sp³-hybridized carbons (Fsp3) is 0.286. The maximum atomic E-state index is 12.4. The SMILES string of the molecule is O=C(c1ccc(Br)cn1)N1CCN(c2cnccn2)CC1. The van der Waals surface area contributed by atoms with Gasteiger partial charge in [0.05, 0.1) is 6.20 Å². The highest BCUT2D eigenvalue weighted by Gasteiger charge is 2.23. The van der Waals surface area contributed by atoms with Crippen LogP contribution < -0.4 is 4.90 Å². The molecule has 0 spiro atoms. The second-order valence-corrected chi connectivity index (χ2v) is 5.62. The standard InChI is InChI=1S/C14H14BrN5O/c15-11-1-2-12(18-9-11)14(21)20-7-5-19(6-8-20)13-10-16-3-4-17-13/h1-4,9-10H,5-8H2. The van der Waals surface area contributed by atoms with Gasteiger partial charge in [-0.3, -0.25) is 9.78 Å². The van der Waals surface area contributed by atoms with Gasteiger partial charge in [-0.2, -0.15) is 0 Å². The molecule has 0 radical (unpaired) electrons. The highest BCUT2D eigenvalue weighted by Crippen LogP contribution is 2.14. The van der Waals surface area contributed by atoms with Crippen molar-refractivity contribution < 1.29 is 4.79 Å². The van der Waals surface area contributed by atoms with Crippen LogP contribution in [0.2, 0.25) is 0 Å². The van der Waals surface area contributed by atoms with E-state index in [1.165, 1.54) is 0 Å². The largest absolute Gasteiger partial charge is 0.352 e. The summed E-state index contributed by atoms with van der Waals surface area (Å²) in [6, 6.07) is 3.57. The first kappa shape index (κ1) is 13.9. The van der Waals surface area contributed by atoms with E-state index in [2.05, 4.69) is 35.8 Å². The second kappa shape index (κ2) is 6.17. The molecule has 0 N–H and O–H groups in total. The van der Waals surface area contributed by atoms with Crippen LogP contribution in [0.1, 0.15) is 10.5 Å². The number of pyridine rings is 1. The lowest BCUT2D eigenvalue weighted by molar-refractivity contribution is 0.0740. The lowest BCUT2D eigenvalue weighted by Crippen LogP contribution is -2.49. The first-order chi connectivity index (χ1) is 10.2. The molecule has 2 aromatic heterocycles. The molecule has 0 unspecified atom stereocenters. The van der Waals surface area contributed by atoms with Gasteiger partial charge in [-0.05, 0) is 28.1 Å². The minimum Gasteiger partial charge on any atom is -0.352 e. The van der Waals surface area contributed by atoms with E-state index in [9.17, 15) is 4.79 Å². The van der Waals surface area contributed by atoms with Crippen LogP contribution >= 0.6 is 15.9 Å². The number of hydrogen-bond donors (Lipinski definition) is 0. The number of amides is 1. The Morgan fingerprint density at radius 2 is 1.86 bits per heavy atom. The molecule has 6 nitrogen and oxygen atoms in total. The van der Waals surface area contributed by atoms with Crippen molar-refractivity contribution >= 4 is 27.7 Å². The molecule has 0 aromatic carbocycles. The molecule has 2 aromatic rings. The Labute approximate surface area is 131 Å². The summed E-state index contributed by atoms with van der Waals surface area (Å²) in [7, 11) is 0. The van der Waals surface area contributed by atoms with E-state index in [0.717, 1.165) is 23.4 Å². The molecular formula is C14H14BrN5O. The van der Waals surface area contributed by atoms with Crippen LogP contribution in [0, 0.1) is 0 Å². The van der Waals surface area contributed by atoms with E-state index < -0.39 is 0 Å². The summed E-state index contributed by atoms with van der Waals surface area (Å²) in [5, 5.41) is 0. The van der Waals surface area contributed by atoms with E-state index >= 15 is 0 Å². The number of carbonyl (C=O) groups is 1. The predicted octanol–water partition coefficient (Wildman–Crippen LogP) is 1.60. The number of aromatic nitrogens is 3. The summed E-state index contributed by atoms with van der Waals surface area (Å²) in [5.74, 6) is 0.827. The molecule has 1 aliphatic rings. The van der Waals surface area contributed by atoms with Gasteiger partial charge in [0, 0.05) is 49.2 Å². The summed E-state index contributed by atoms with van der Waals surface area (Å²) in [5.41, 5.74) is 0.478. The molecule has 1 amide bonds. The van der Waals surface area contributed by atoms with Crippen molar-refractivity contribution in [1.82, 2.24) is 19.9 Å². The number of carbonyl (C=O) groups excluding carboxylic acids is 1. The average molecular weight is 348 g/mol. The van der Waals surface area contributed by atoms with E-state index in [1.807, 2.05) is 11.0 Å². The van der Waals surface area contributed by atoms with Crippen LogP contribution in [0.25, 0.3) is 0 Å². The summed E-state index contributed by atoms with van der Waals surface area (Å²) < 4.78 is 0.867. The topological polar surface area (TPSA) is 62.2 Å². The molecule has 0 aliphatic carbocycles. The Kier molecular flexibility index (Phi) is 4.10. The van der Waals surface area contributed by atoms with Crippen LogP contribution in [-0.4, -0.2) is 51.9 Å². The zero-order valence-corrected chi connectivity index (χ0v) is 12.9. The number of halogens is 1. The summed E-state index contributed by atoms with van der Waals surface area (Å²) in [4.78, 5) is 28.8. The van der Waals surface area contributed by atoms with Gasteiger partial charge < -0.3 is 9.80 Å². The Morgan fingerprint density at radius 1 is 1.05 bits per heavy atom. The molecule has 108 valence electrons. The highest BCUT2D eigenvalue weighted by atomic mass is 79.9. The second-order valence-electron chi connectivity index (χ2n) is 4.70. The van der Waals surface area contributed by atoms with Gasteiger partial charge in [0.25, 0.3) is 5.91 Å². The van der Waals surface area contributed by atoms with Gasteiger partial charge in [-0.25, -0.2) is 9.97 Å². The van der Waals surface area contributed by atoms with Gasteiger partial charge in [-0.15, -0.1) is 0 Å². The van der Waals surface area contributed by atoms with Crippen molar-refractivity contribution in [2.45, 2.75) is 0 Å². The van der Waals surface area contributed by atoms with Crippen molar-refractivity contribution in [1.29, 1.82) is 0 Å². The van der Waals surface area contributed by atoms with Crippen LogP contribution in [0.15, 0.2) is 41.4 Å². The zero-order valence-electron chi connectivity index (χ0n) is 11.3. The summed E-state index contributed by atoms with van der Waals surface area (Å²) in [6.45, 7) is 2.82. The highest BCUT2D eigenvalue weighted by molar-refractivity contribution is 9.10. The maximum Gasteiger partial charge on any atom is 0.272 e. The van der Waals surface area contributed by atoms with Crippen molar-refractivity contribution in [3.63, 3.8) is 0 Å². The normalized spacial score (nSPS) is 15.1. The van der Waals surface area contributed by atoms with Crippen molar-refractivity contribution in [3.8, 4) is 0 Å². The van der Waals surface area contributed by atoms with E-state index in [-0.39, 0.29) is 5.91 Å². The molecule has 3 rings (SSSR count). The maximum absolute atomic E-state index is 12.4. The van der Waals surface area contributed by atoms with Crippen LogP contribution in [-0.2, 0) is 0 Å². The third kappa shape index (κ3) is 3.18. The van der Waals surface area contributed by atoms with Crippen molar-refractivity contribution in [2.24, 2.45) is 0 Å². The molecule has 7 heteroatoms. The van der Waals surface area contributed by atoms with Crippen LogP contribution in [0.3, 0.4) is 0 Å². The predicted molar refractivity (Wildman–Crippen MR) is 82.1 cm³/mol. The Balaban J connectivity index is 1.63. The molecular weight excluding hydrogens is 334 g/mol. The molecule has 0 saturated carbocycles. The Morgan fingerprint density at radius 3 is 2.48 bits per heavy atom. The van der Waals surface area contributed by atoms with Crippen LogP contribution in [0.4, 0.5) is 5.82 Å². The van der Waals surface area contributed by atoms with E-state index in [4.69, 9.17) is 0 Å².